The van der Waals surface area contributed by atoms with Crippen LogP contribution in [0.3, 0.4) is 0 Å². The van der Waals surface area contributed by atoms with Crippen molar-refractivity contribution in [2.75, 3.05) is 0 Å². The van der Waals surface area contributed by atoms with E-state index in [2.05, 4.69) is 35.3 Å². The summed E-state index contributed by atoms with van der Waals surface area (Å²) < 4.78 is 1.86. The maximum Gasteiger partial charge on any atom is 0.102 e. The molecule has 2 heterocycles. The van der Waals surface area contributed by atoms with E-state index >= 15 is 0 Å². The second-order valence-electron chi connectivity index (χ2n) is 3.73. The van der Waals surface area contributed by atoms with Crippen molar-refractivity contribution >= 4 is 0 Å². The topological polar surface area (TPSA) is 46.5 Å². The van der Waals surface area contributed by atoms with Crippen LogP contribution in [0.5, 0.6) is 0 Å². The summed E-state index contributed by atoms with van der Waals surface area (Å²) in [6.07, 6.45) is 5.65. The Labute approximate surface area is 83.0 Å². The average Bonchev–Trinajstić information content (AvgIpc) is 2.70. The largest absolute Gasteiger partial charge is 0.283 e. The van der Waals surface area contributed by atoms with E-state index < -0.39 is 0 Å². The van der Waals surface area contributed by atoms with Gasteiger partial charge >= 0.3 is 0 Å². The lowest BCUT2D eigenvalue weighted by Crippen LogP contribution is -1.91. The second kappa shape index (κ2) is 3.29. The van der Waals surface area contributed by atoms with Crippen LogP contribution in [-0.4, -0.2) is 20.0 Å². The summed E-state index contributed by atoms with van der Waals surface area (Å²) in [7, 11) is 0. The summed E-state index contributed by atoms with van der Waals surface area (Å²) in [6, 6.07) is 0. The van der Waals surface area contributed by atoms with Crippen molar-refractivity contribution in [3.8, 4) is 5.69 Å². The first-order chi connectivity index (χ1) is 6.68. The van der Waals surface area contributed by atoms with Gasteiger partial charge in [-0.2, -0.15) is 10.2 Å². The molecule has 2 aromatic rings. The van der Waals surface area contributed by atoms with Gasteiger partial charge < -0.3 is 0 Å². The van der Waals surface area contributed by atoms with Gasteiger partial charge in [-0.15, -0.1) is 0 Å². The number of rotatable bonds is 2. The van der Waals surface area contributed by atoms with Crippen molar-refractivity contribution in [1.29, 1.82) is 0 Å². The lowest BCUT2D eigenvalue weighted by atomic mass is 10.1. The molecule has 2 rings (SSSR count). The first kappa shape index (κ1) is 8.99. The van der Waals surface area contributed by atoms with E-state index in [1.165, 1.54) is 5.56 Å². The molecule has 0 fully saturated rings. The third-order valence-electron chi connectivity index (χ3n) is 2.31. The SMILES string of the molecule is Cc1nn(-c2cn[nH]c2)cc1C(C)C. The second-order valence-corrected chi connectivity index (χ2v) is 3.73. The Morgan fingerprint density at radius 1 is 1.43 bits per heavy atom. The van der Waals surface area contributed by atoms with Crippen LogP contribution < -0.4 is 0 Å². The Morgan fingerprint density at radius 3 is 2.71 bits per heavy atom. The van der Waals surface area contributed by atoms with Crippen LogP contribution in [0, 0.1) is 6.92 Å². The first-order valence-corrected chi connectivity index (χ1v) is 4.74. The van der Waals surface area contributed by atoms with Crippen molar-refractivity contribution in [3.63, 3.8) is 0 Å². The first-order valence-electron chi connectivity index (χ1n) is 4.74. The van der Waals surface area contributed by atoms with Gasteiger partial charge in [-0.05, 0) is 18.4 Å². The standard InChI is InChI=1S/C10H14N4/c1-7(2)10-6-14(13-8(10)3)9-4-11-12-5-9/h4-7H,1-3H3,(H,11,12). The molecule has 4 heteroatoms. The summed E-state index contributed by atoms with van der Waals surface area (Å²) in [5.41, 5.74) is 3.34. The van der Waals surface area contributed by atoms with Crippen LogP contribution in [0.25, 0.3) is 5.69 Å². The fraction of sp³-hybridized carbons (Fsp3) is 0.400. The van der Waals surface area contributed by atoms with E-state index in [-0.39, 0.29) is 0 Å². The molecule has 1 N–H and O–H groups in total. The summed E-state index contributed by atoms with van der Waals surface area (Å²) in [6.45, 7) is 6.37. The molecule has 0 unspecified atom stereocenters. The van der Waals surface area contributed by atoms with Gasteiger partial charge in [-0.25, -0.2) is 4.68 Å². The zero-order chi connectivity index (χ0) is 10.1. The Hall–Kier alpha value is -1.58. The minimum atomic E-state index is 0.510. The Morgan fingerprint density at radius 2 is 2.21 bits per heavy atom. The predicted octanol–water partition coefficient (Wildman–Crippen LogP) is 2.03. The van der Waals surface area contributed by atoms with E-state index in [0.29, 0.717) is 5.92 Å². The van der Waals surface area contributed by atoms with Crippen LogP contribution in [-0.2, 0) is 0 Å². The van der Waals surface area contributed by atoms with Crippen LogP contribution >= 0.6 is 0 Å². The van der Waals surface area contributed by atoms with Crippen LogP contribution in [0.1, 0.15) is 31.0 Å². The number of aryl methyl sites for hydroxylation is 1. The molecule has 0 saturated carbocycles. The van der Waals surface area contributed by atoms with Crippen LogP contribution in [0.4, 0.5) is 0 Å². The quantitative estimate of drug-likeness (QED) is 0.787. The molecular weight excluding hydrogens is 176 g/mol. The summed E-state index contributed by atoms with van der Waals surface area (Å²) in [5.74, 6) is 0.510. The van der Waals surface area contributed by atoms with Crippen molar-refractivity contribution < 1.29 is 0 Å². The highest BCUT2D eigenvalue weighted by molar-refractivity contribution is 5.28. The summed E-state index contributed by atoms with van der Waals surface area (Å²) in [5, 5.41) is 11.1. The number of hydrogen-bond acceptors (Lipinski definition) is 2. The van der Waals surface area contributed by atoms with Crippen molar-refractivity contribution in [2.45, 2.75) is 26.7 Å². The number of aromatic nitrogens is 4. The van der Waals surface area contributed by atoms with Gasteiger partial charge in [0.25, 0.3) is 0 Å². The summed E-state index contributed by atoms with van der Waals surface area (Å²) in [4.78, 5) is 0. The average molecular weight is 190 g/mol. The van der Waals surface area contributed by atoms with Gasteiger partial charge in [0.2, 0.25) is 0 Å². The molecule has 14 heavy (non-hydrogen) atoms. The Bertz CT molecular complexity index is 411. The maximum atomic E-state index is 4.43. The molecule has 4 nitrogen and oxygen atoms in total. The molecule has 0 atom stereocenters. The maximum absolute atomic E-state index is 4.43. The van der Waals surface area contributed by atoms with E-state index in [1.807, 2.05) is 17.8 Å². The van der Waals surface area contributed by atoms with Gasteiger partial charge in [0.1, 0.15) is 5.69 Å². The molecule has 0 aliphatic rings. The van der Waals surface area contributed by atoms with Gasteiger partial charge in [0.15, 0.2) is 0 Å². The van der Waals surface area contributed by atoms with Crippen molar-refractivity contribution in [3.05, 3.63) is 29.8 Å². The molecule has 0 aliphatic heterocycles. The van der Waals surface area contributed by atoms with Crippen molar-refractivity contribution in [2.24, 2.45) is 0 Å². The minimum absolute atomic E-state index is 0.510. The van der Waals surface area contributed by atoms with Gasteiger partial charge in [-0.1, -0.05) is 13.8 Å². The predicted molar refractivity (Wildman–Crippen MR) is 54.5 cm³/mol. The molecule has 0 saturated heterocycles. The Balaban J connectivity index is 2.43. The lowest BCUT2D eigenvalue weighted by molar-refractivity contribution is 0.857. The molecule has 0 aromatic carbocycles. The third-order valence-corrected chi connectivity index (χ3v) is 2.31. The highest BCUT2D eigenvalue weighted by atomic mass is 15.3. The van der Waals surface area contributed by atoms with E-state index in [4.69, 9.17) is 0 Å². The highest BCUT2D eigenvalue weighted by Gasteiger charge is 2.09. The molecule has 2 aromatic heterocycles. The third kappa shape index (κ3) is 1.43. The summed E-state index contributed by atoms with van der Waals surface area (Å²) >= 11 is 0. The van der Waals surface area contributed by atoms with E-state index in [9.17, 15) is 0 Å². The van der Waals surface area contributed by atoms with Gasteiger partial charge in [0.05, 0.1) is 11.9 Å². The van der Waals surface area contributed by atoms with E-state index in [1.54, 1.807) is 6.20 Å². The van der Waals surface area contributed by atoms with Crippen molar-refractivity contribution in [1.82, 2.24) is 20.0 Å². The van der Waals surface area contributed by atoms with Gasteiger partial charge in [-0.3, -0.25) is 5.10 Å². The zero-order valence-corrected chi connectivity index (χ0v) is 8.65. The highest BCUT2D eigenvalue weighted by Crippen LogP contribution is 2.19. The molecule has 0 amide bonds. The number of aromatic amines is 1. The molecule has 0 bridgehead atoms. The molecular formula is C10H14N4. The minimum Gasteiger partial charge on any atom is -0.283 e. The Kier molecular flexibility index (Phi) is 2.11. The number of nitrogens with zero attached hydrogens (tertiary/aromatic N) is 3. The molecule has 0 radical (unpaired) electrons. The number of H-pyrrole nitrogens is 1. The number of hydrogen-bond donors (Lipinski definition) is 1. The normalized spacial score (nSPS) is 11.1. The molecule has 74 valence electrons. The number of nitrogens with one attached hydrogen (secondary N) is 1. The zero-order valence-electron chi connectivity index (χ0n) is 8.65. The molecule has 0 aliphatic carbocycles. The fourth-order valence-corrected chi connectivity index (χ4v) is 1.54. The van der Waals surface area contributed by atoms with Crippen LogP contribution in [0.2, 0.25) is 0 Å². The van der Waals surface area contributed by atoms with E-state index in [0.717, 1.165) is 11.4 Å². The fourth-order valence-electron chi connectivity index (χ4n) is 1.54. The van der Waals surface area contributed by atoms with Crippen LogP contribution in [0.15, 0.2) is 18.6 Å². The lowest BCUT2D eigenvalue weighted by Gasteiger charge is -1.99. The monoisotopic (exact) mass is 190 g/mol. The molecule has 0 spiro atoms. The smallest absolute Gasteiger partial charge is 0.102 e. The van der Waals surface area contributed by atoms with Gasteiger partial charge in [0, 0.05) is 12.4 Å².